The van der Waals surface area contributed by atoms with Gasteiger partial charge in [0.05, 0.1) is 24.4 Å². The molecule has 5 N–H and O–H groups in total. The summed E-state index contributed by atoms with van der Waals surface area (Å²) in [5.74, 6) is 0.122. The first-order chi connectivity index (χ1) is 15.9. The first kappa shape index (κ1) is 28.3. The predicted octanol–water partition coefficient (Wildman–Crippen LogP) is 4.81. The molecule has 0 amide bonds. The second-order valence-electron chi connectivity index (χ2n) is 14.2. The lowest BCUT2D eigenvalue weighted by atomic mass is 9.34. The predicted molar refractivity (Wildman–Crippen MR) is 147 cm³/mol. The Morgan fingerprint density at radius 1 is 1.03 bits per heavy atom. The van der Waals surface area contributed by atoms with E-state index in [-0.39, 0.29) is 45.3 Å². The van der Waals surface area contributed by atoms with E-state index in [2.05, 4.69) is 63.8 Å². The summed E-state index contributed by atoms with van der Waals surface area (Å²) in [4.78, 5) is 0. The molecule has 12 atom stereocenters. The Bertz CT molecular complexity index is 843. The highest BCUT2D eigenvalue weighted by molar-refractivity contribution is 14.1. The lowest BCUT2D eigenvalue weighted by Crippen LogP contribution is -2.69. The summed E-state index contributed by atoms with van der Waals surface area (Å²) in [5, 5.41) is 56.2. The standard InChI is InChI=1S/C29H49IO5/c1-16(2)18(31)9-13-29(30,35)17-8-12-27(6)23(17)19(32)14-21-26(5)11-10-22(34)25(3,4)24(26)20(33)15-28(21,27)7/h17-24,31-35H,1,8-15H2,2-7H3/t17?,18?,19?,20?,21?,22?,23?,24?,26?,27-,28?,29?/m1/s1. The van der Waals surface area contributed by atoms with Crippen molar-refractivity contribution in [3.8, 4) is 0 Å². The van der Waals surface area contributed by atoms with Crippen LogP contribution in [0.2, 0.25) is 0 Å². The van der Waals surface area contributed by atoms with Crippen LogP contribution in [0.1, 0.15) is 92.9 Å². The quantitative estimate of drug-likeness (QED) is 0.176. The van der Waals surface area contributed by atoms with E-state index in [4.69, 9.17) is 0 Å². The highest BCUT2D eigenvalue weighted by Crippen LogP contribution is 2.76. The average Bonchev–Trinajstić information content (AvgIpc) is 3.12. The van der Waals surface area contributed by atoms with E-state index in [1.807, 2.05) is 6.92 Å². The molecule has 11 unspecified atom stereocenters. The second-order valence-corrected chi connectivity index (χ2v) is 16.1. The third-order valence-corrected chi connectivity index (χ3v) is 13.5. The SMILES string of the molecule is C=C(C)C(O)CCC(O)(I)C1CC[C@]2(C)C1C(O)CC1C3(C)CCC(O)C(C)(C)C3C(O)CC12C. The van der Waals surface area contributed by atoms with Gasteiger partial charge in [-0.3, -0.25) is 0 Å². The molecule has 0 bridgehead atoms. The molecule has 202 valence electrons. The van der Waals surface area contributed by atoms with Crippen LogP contribution in [0.3, 0.4) is 0 Å². The maximum atomic E-state index is 11.8. The third kappa shape index (κ3) is 4.02. The van der Waals surface area contributed by atoms with Gasteiger partial charge >= 0.3 is 0 Å². The highest BCUT2D eigenvalue weighted by atomic mass is 127. The third-order valence-electron chi connectivity index (χ3n) is 12.2. The van der Waals surface area contributed by atoms with Gasteiger partial charge in [-0.05, 0) is 120 Å². The van der Waals surface area contributed by atoms with Crippen molar-refractivity contribution in [1.29, 1.82) is 0 Å². The van der Waals surface area contributed by atoms with E-state index >= 15 is 0 Å². The van der Waals surface area contributed by atoms with Crippen molar-refractivity contribution in [3.05, 3.63) is 12.2 Å². The lowest BCUT2D eigenvalue weighted by Gasteiger charge is -2.71. The zero-order chi connectivity index (χ0) is 26.4. The van der Waals surface area contributed by atoms with Gasteiger partial charge in [0, 0.05) is 5.92 Å². The van der Waals surface area contributed by atoms with Gasteiger partial charge in [-0.25, -0.2) is 0 Å². The fraction of sp³-hybridized carbons (Fsp3) is 0.931. The van der Waals surface area contributed by atoms with Crippen molar-refractivity contribution in [2.24, 2.45) is 45.3 Å². The highest BCUT2D eigenvalue weighted by Gasteiger charge is 2.73. The van der Waals surface area contributed by atoms with Crippen molar-refractivity contribution in [2.75, 3.05) is 0 Å². The minimum Gasteiger partial charge on any atom is -0.393 e. The number of aliphatic hydroxyl groups is 5. The summed E-state index contributed by atoms with van der Waals surface area (Å²) in [5.41, 5.74) is -0.198. The zero-order valence-corrected chi connectivity index (χ0v) is 24.8. The molecule has 6 heteroatoms. The van der Waals surface area contributed by atoms with Gasteiger partial charge in [0.1, 0.15) is 3.61 Å². The summed E-state index contributed by atoms with van der Waals surface area (Å²) in [6, 6.07) is 0. The molecule has 0 spiro atoms. The number of fused-ring (bicyclic) bond motifs is 5. The molecule has 0 aromatic carbocycles. The van der Waals surface area contributed by atoms with Gasteiger partial charge in [-0.1, -0.05) is 46.8 Å². The number of alkyl halides is 1. The number of hydrogen-bond acceptors (Lipinski definition) is 5. The molecule has 4 rings (SSSR count). The minimum atomic E-state index is -1.02. The molecule has 0 heterocycles. The van der Waals surface area contributed by atoms with E-state index in [1.54, 1.807) is 0 Å². The molecule has 4 aliphatic rings. The topological polar surface area (TPSA) is 101 Å². The monoisotopic (exact) mass is 604 g/mol. The molecular formula is C29H49IO5. The number of aliphatic hydroxyl groups excluding tert-OH is 4. The molecular weight excluding hydrogens is 555 g/mol. The van der Waals surface area contributed by atoms with Gasteiger partial charge in [-0.15, -0.1) is 0 Å². The molecule has 4 saturated carbocycles. The Morgan fingerprint density at radius 3 is 2.26 bits per heavy atom. The Kier molecular flexibility index (Phi) is 7.20. The molecule has 0 saturated heterocycles. The second kappa shape index (κ2) is 8.90. The Labute approximate surface area is 225 Å². The van der Waals surface area contributed by atoms with E-state index in [0.717, 1.165) is 25.7 Å². The zero-order valence-electron chi connectivity index (χ0n) is 22.6. The first-order valence-electron chi connectivity index (χ1n) is 13.7. The van der Waals surface area contributed by atoms with E-state index in [0.29, 0.717) is 31.3 Å². The van der Waals surface area contributed by atoms with Crippen LogP contribution < -0.4 is 0 Å². The van der Waals surface area contributed by atoms with Crippen LogP contribution in [0.4, 0.5) is 0 Å². The van der Waals surface area contributed by atoms with Crippen LogP contribution >= 0.6 is 22.6 Å². The van der Waals surface area contributed by atoms with Crippen molar-refractivity contribution in [3.63, 3.8) is 0 Å². The Hall–Kier alpha value is 0.270. The van der Waals surface area contributed by atoms with E-state index < -0.39 is 28.0 Å². The summed E-state index contributed by atoms with van der Waals surface area (Å²) in [6.45, 7) is 16.8. The molecule has 0 aromatic rings. The van der Waals surface area contributed by atoms with E-state index in [1.165, 1.54) is 0 Å². The van der Waals surface area contributed by atoms with Crippen molar-refractivity contribution in [1.82, 2.24) is 0 Å². The molecule has 4 fully saturated rings. The number of halogens is 1. The van der Waals surface area contributed by atoms with Crippen molar-refractivity contribution in [2.45, 2.75) is 121 Å². The smallest absolute Gasteiger partial charge is 0.119 e. The van der Waals surface area contributed by atoms with Gasteiger partial charge in [0.2, 0.25) is 0 Å². The molecule has 5 nitrogen and oxygen atoms in total. The van der Waals surface area contributed by atoms with E-state index in [9.17, 15) is 25.5 Å². The average molecular weight is 605 g/mol. The molecule has 4 aliphatic carbocycles. The molecule has 0 radical (unpaired) electrons. The van der Waals surface area contributed by atoms with Crippen LogP contribution in [-0.4, -0.2) is 53.6 Å². The van der Waals surface area contributed by atoms with Crippen LogP contribution in [-0.2, 0) is 0 Å². The fourth-order valence-electron chi connectivity index (χ4n) is 10.2. The number of hydrogen-bond donors (Lipinski definition) is 5. The summed E-state index contributed by atoms with van der Waals surface area (Å²) in [7, 11) is 0. The molecule has 0 aliphatic heterocycles. The summed E-state index contributed by atoms with van der Waals surface area (Å²) in [6.07, 6.45) is 3.57. The summed E-state index contributed by atoms with van der Waals surface area (Å²) < 4.78 is -1.02. The maximum absolute atomic E-state index is 11.8. The lowest BCUT2D eigenvalue weighted by molar-refractivity contribution is -0.272. The van der Waals surface area contributed by atoms with Crippen LogP contribution in [0, 0.1) is 45.3 Å². The summed E-state index contributed by atoms with van der Waals surface area (Å²) >= 11 is 2.16. The fourth-order valence-corrected chi connectivity index (χ4v) is 11.2. The molecule has 35 heavy (non-hydrogen) atoms. The van der Waals surface area contributed by atoms with Crippen molar-refractivity contribution >= 4 is 22.6 Å². The Balaban J connectivity index is 1.68. The molecule has 0 aromatic heterocycles. The number of rotatable bonds is 5. The van der Waals surface area contributed by atoms with Gasteiger partial charge in [-0.2, -0.15) is 0 Å². The van der Waals surface area contributed by atoms with Crippen LogP contribution in [0.15, 0.2) is 12.2 Å². The Morgan fingerprint density at radius 2 is 1.66 bits per heavy atom. The maximum Gasteiger partial charge on any atom is 0.119 e. The largest absolute Gasteiger partial charge is 0.393 e. The minimum absolute atomic E-state index is 0.00786. The first-order valence-corrected chi connectivity index (χ1v) is 14.8. The van der Waals surface area contributed by atoms with Crippen LogP contribution in [0.5, 0.6) is 0 Å². The van der Waals surface area contributed by atoms with Gasteiger partial charge in [0.15, 0.2) is 0 Å². The van der Waals surface area contributed by atoms with Crippen LogP contribution in [0.25, 0.3) is 0 Å². The van der Waals surface area contributed by atoms with Crippen molar-refractivity contribution < 1.29 is 25.5 Å². The van der Waals surface area contributed by atoms with Gasteiger partial charge in [0.25, 0.3) is 0 Å². The van der Waals surface area contributed by atoms with Gasteiger partial charge < -0.3 is 25.5 Å². The normalized spacial score (nSPS) is 51.5.